The van der Waals surface area contributed by atoms with Crippen molar-refractivity contribution in [2.45, 2.75) is 45.4 Å². The van der Waals surface area contributed by atoms with Crippen LogP contribution in [-0.2, 0) is 9.59 Å². The lowest BCUT2D eigenvalue weighted by Crippen LogP contribution is -2.53. The molecule has 3 heteroatoms. The molecule has 0 radical (unpaired) electrons. The molecule has 2 atom stereocenters. The molecule has 94 valence electrons. The lowest BCUT2D eigenvalue weighted by molar-refractivity contribution is -0.145. The summed E-state index contributed by atoms with van der Waals surface area (Å²) in [6.07, 6.45) is 6.26. The number of primary amides is 1. The van der Waals surface area contributed by atoms with Crippen LogP contribution in [0.2, 0.25) is 0 Å². The molecule has 4 aliphatic rings. The van der Waals surface area contributed by atoms with Crippen LogP contribution in [-0.4, -0.2) is 11.7 Å². The molecule has 0 aromatic carbocycles. The molecule has 0 heterocycles. The minimum atomic E-state index is -0.161. The maximum atomic E-state index is 11.8. The highest BCUT2D eigenvalue weighted by atomic mass is 16.1. The third-order valence-corrected chi connectivity index (χ3v) is 5.42. The average molecular weight is 235 g/mol. The molecule has 4 rings (SSSR count). The Balaban J connectivity index is 1.86. The zero-order valence-corrected chi connectivity index (χ0v) is 10.4. The van der Waals surface area contributed by atoms with Crippen LogP contribution in [0.15, 0.2) is 0 Å². The third kappa shape index (κ3) is 1.71. The quantitative estimate of drug-likeness (QED) is 0.812. The number of carbonyl (C=O) groups excluding carboxylic acids is 2. The van der Waals surface area contributed by atoms with Crippen molar-refractivity contribution in [2.75, 3.05) is 0 Å². The topological polar surface area (TPSA) is 60.2 Å². The van der Waals surface area contributed by atoms with Gasteiger partial charge < -0.3 is 5.73 Å². The Morgan fingerprint density at radius 3 is 2.24 bits per heavy atom. The smallest absolute Gasteiger partial charge is 0.217 e. The van der Waals surface area contributed by atoms with Crippen molar-refractivity contribution < 1.29 is 9.59 Å². The van der Waals surface area contributed by atoms with Crippen LogP contribution < -0.4 is 5.73 Å². The number of hydrogen-bond acceptors (Lipinski definition) is 2. The van der Waals surface area contributed by atoms with Crippen LogP contribution in [0.1, 0.15) is 45.4 Å². The monoisotopic (exact) mass is 235 g/mol. The van der Waals surface area contributed by atoms with E-state index in [0.717, 1.165) is 18.8 Å². The Bertz CT molecular complexity index is 360. The predicted molar refractivity (Wildman–Crippen MR) is 64.0 cm³/mol. The first-order valence-corrected chi connectivity index (χ1v) is 6.78. The number of ketones is 1. The van der Waals surface area contributed by atoms with Crippen LogP contribution >= 0.6 is 0 Å². The van der Waals surface area contributed by atoms with Crippen molar-refractivity contribution in [2.24, 2.45) is 34.8 Å². The highest BCUT2D eigenvalue weighted by Gasteiger charge is 2.56. The summed E-state index contributed by atoms with van der Waals surface area (Å²) in [6.45, 7) is 1.74. The van der Waals surface area contributed by atoms with E-state index in [4.69, 9.17) is 5.73 Å². The number of carbonyl (C=O) groups is 2. The van der Waals surface area contributed by atoms with E-state index in [2.05, 4.69) is 0 Å². The van der Waals surface area contributed by atoms with Crippen molar-refractivity contribution in [1.29, 1.82) is 0 Å². The molecule has 0 aromatic heterocycles. The summed E-state index contributed by atoms with van der Waals surface area (Å²) in [7, 11) is 0. The van der Waals surface area contributed by atoms with Gasteiger partial charge in [0.2, 0.25) is 5.91 Å². The third-order valence-electron chi connectivity index (χ3n) is 5.42. The van der Waals surface area contributed by atoms with E-state index in [-0.39, 0.29) is 17.2 Å². The molecule has 4 saturated carbocycles. The average Bonchev–Trinajstić information content (AvgIpc) is 2.11. The highest BCUT2D eigenvalue weighted by Crippen LogP contribution is 2.63. The van der Waals surface area contributed by atoms with Crippen molar-refractivity contribution >= 4 is 11.7 Å². The Labute approximate surface area is 102 Å². The SMILES string of the molecule is CC(=O)C1C2CC3CC1CC(CC(N)=O)(C3)C2. The van der Waals surface area contributed by atoms with Gasteiger partial charge in [0, 0.05) is 12.3 Å². The van der Waals surface area contributed by atoms with E-state index >= 15 is 0 Å². The Hall–Kier alpha value is -0.860. The molecule has 0 saturated heterocycles. The van der Waals surface area contributed by atoms with E-state index in [0.29, 0.717) is 24.0 Å². The van der Waals surface area contributed by atoms with E-state index < -0.39 is 0 Å². The normalized spacial score (nSPS) is 47.1. The van der Waals surface area contributed by atoms with Crippen molar-refractivity contribution in [1.82, 2.24) is 0 Å². The van der Waals surface area contributed by atoms with E-state index in [1.54, 1.807) is 6.92 Å². The molecule has 0 spiro atoms. The van der Waals surface area contributed by atoms with Crippen molar-refractivity contribution in [3.8, 4) is 0 Å². The van der Waals surface area contributed by atoms with Gasteiger partial charge in [0.15, 0.2) is 0 Å². The lowest BCUT2D eigenvalue weighted by Gasteiger charge is -2.59. The van der Waals surface area contributed by atoms with Crippen LogP contribution in [0.25, 0.3) is 0 Å². The van der Waals surface area contributed by atoms with Crippen molar-refractivity contribution in [3.63, 3.8) is 0 Å². The first-order valence-electron chi connectivity index (χ1n) is 6.78. The lowest BCUT2D eigenvalue weighted by atomic mass is 9.45. The van der Waals surface area contributed by atoms with Gasteiger partial charge in [-0.25, -0.2) is 0 Å². The first kappa shape index (κ1) is 11.2. The molecule has 0 aromatic rings. The summed E-state index contributed by atoms with van der Waals surface area (Å²) < 4.78 is 0. The largest absolute Gasteiger partial charge is 0.370 e. The Morgan fingerprint density at radius 2 is 1.76 bits per heavy atom. The molecule has 1 amide bonds. The predicted octanol–water partition coefficient (Wildman–Crippen LogP) is 1.89. The standard InChI is InChI=1S/C14H21NO2/c1-8(16)13-10-2-9-3-11(13)6-14(4-9,5-10)7-12(15)17/h9-11,13H,2-7H2,1H3,(H2,15,17). The van der Waals surface area contributed by atoms with Gasteiger partial charge >= 0.3 is 0 Å². The van der Waals surface area contributed by atoms with Gasteiger partial charge in [-0.1, -0.05) is 0 Å². The Morgan fingerprint density at radius 1 is 1.18 bits per heavy atom. The van der Waals surface area contributed by atoms with Gasteiger partial charge in [-0.05, 0) is 62.2 Å². The van der Waals surface area contributed by atoms with Gasteiger partial charge in [-0.3, -0.25) is 9.59 Å². The summed E-state index contributed by atoms with van der Waals surface area (Å²) in [4.78, 5) is 23.0. The number of hydrogen-bond donors (Lipinski definition) is 1. The molecule has 17 heavy (non-hydrogen) atoms. The summed E-state index contributed by atoms with van der Waals surface area (Å²) >= 11 is 0. The molecule has 4 bridgehead atoms. The van der Waals surface area contributed by atoms with Crippen molar-refractivity contribution in [3.05, 3.63) is 0 Å². The molecular weight excluding hydrogens is 214 g/mol. The first-order chi connectivity index (χ1) is 7.99. The van der Waals surface area contributed by atoms with Gasteiger partial charge in [-0.15, -0.1) is 0 Å². The van der Waals surface area contributed by atoms with E-state index in [9.17, 15) is 9.59 Å². The second-order valence-corrected chi connectivity index (χ2v) is 6.75. The Kier molecular flexibility index (Phi) is 2.36. The molecule has 0 aliphatic heterocycles. The van der Waals surface area contributed by atoms with E-state index in [1.165, 1.54) is 19.3 Å². The summed E-state index contributed by atoms with van der Waals surface area (Å²) in [5.74, 6) is 2.32. The summed E-state index contributed by atoms with van der Waals surface area (Å²) in [5.41, 5.74) is 5.56. The zero-order chi connectivity index (χ0) is 12.2. The van der Waals surface area contributed by atoms with Gasteiger partial charge in [0.25, 0.3) is 0 Å². The molecule has 2 N–H and O–H groups in total. The fraction of sp³-hybridized carbons (Fsp3) is 0.857. The van der Waals surface area contributed by atoms with Crippen LogP contribution in [0.4, 0.5) is 0 Å². The van der Waals surface area contributed by atoms with Gasteiger partial charge in [0.05, 0.1) is 0 Å². The molecule has 2 unspecified atom stereocenters. The molecule has 4 fully saturated rings. The number of Topliss-reactive ketones (excluding diaryl/α,β-unsaturated/α-hetero) is 1. The van der Waals surface area contributed by atoms with Gasteiger partial charge in [0.1, 0.15) is 5.78 Å². The second kappa shape index (κ2) is 3.56. The molecular formula is C14H21NO2. The number of amides is 1. The minimum Gasteiger partial charge on any atom is -0.370 e. The maximum Gasteiger partial charge on any atom is 0.217 e. The molecule has 4 aliphatic carbocycles. The van der Waals surface area contributed by atoms with Crippen LogP contribution in [0, 0.1) is 29.1 Å². The maximum absolute atomic E-state index is 11.8. The van der Waals surface area contributed by atoms with E-state index in [1.807, 2.05) is 0 Å². The second-order valence-electron chi connectivity index (χ2n) is 6.75. The fourth-order valence-corrected chi connectivity index (χ4v) is 5.44. The van der Waals surface area contributed by atoms with Crippen LogP contribution in [0.3, 0.4) is 0 Å². The summed E-state index contributed by atoms with van der Waals surface area (Å²) in [6, 6.07) is 0. The number of nitrogens with two attached hydrogens (primary N) is 1. The van der Waals surface area contributed by atoms with Gasteiger partial charge in [-0.2, -0.15) is 0 Å². The molecule has 3 nitrogen and oxygen atoms in total. The number of rotatable bonds is 3. The zero-order valence-electron chi connectivity index (χ0n) is 10.4. The van der Waals surface area contributed by atoms with Crippen LogP contribution in [0.5, 0.6) is 0 Å². The summed E-state index contributed by atoms with van der Waals surface area (Å²) in [5, 5.41) is 0. The highest BCUT2D eigenvalue weighted by molar-refractivity contribution is 5.79. The fourth-order valence-electron chi connectivity index (χ4n) is 5.44. The minimum absolute atomic E-state index is 0.161.